The second-order valence-electron chi connectivity index (χ2n) is 3.95. The molecular formula is C12H12N4O3. The van der Waals surface area contributed by atoms with Crippen molar-refractivity contribution < 1.29 is 9.72 Å². The minimum absolute atomic E-state index is 0.0258. The molecular weight excluding hydrogens is 248 g/mol. The quantitative estimate of drug-likeness (QED) is 0.624. The number of amides is 1. The number of primary amides is 1. The Morgan fingerprint density at radius 1 is 1.37 bits per heavy atom. The molecule has 0 aliphatic carbocycles. The number of aromatic nitrogens is 1. The molecule has 7 heteroatoms. The Hall–Kier alpha value is -2.70. The molecule has 0 aliphatic rings. The van der Waals surface area contributed by atoms with E-state index in [0.29, 0.717) is 23.0 Å². The fourth-order valence-corrected chi connectivity index (χ4v) is 1.81. The first-order chi connectivity index (χ1) is 9.09. The number of carbonyl (C=O) groups excluding carboxylic acids is 1. The maximum atomic E-state index is 10.9. The monoisotopic (exact) mass is 260 g/mol. The Bertz CT molecular complexity index is 642. The Balaban J connectivity index is 2.38. The van der Waals surface area contributed by atoms with E-state index in [1.807, 2.05) is 0 Å². The highest BCUT2D eigenvalue weighted by atomic mass is 16.6. The zero-order valence-corrected chi connectivity index (χ0v) is 10.00. The van der Waals surface area contributed by atoms with Crippen LogP contribution in [-0.2, 0) is 4.79 Å². The van der Waals surface area contributed by atoms with Gasteiger partial charge in [-0.25, -0.2) is 0 Å². The lowest BCUT2D eigenvalue weighted by Crippen LogP contribution is -2.15. The van der Waals surface area contributed by atoms with Crippen molar-refractivity contribution in [2.45, 2.75) is 6.42 Å². The molecule has 0 bridgehead atoms. The highest BCUT2D eigenvalue weighted by Crippen LogP contribution is 2.30. The summed E-state index contributed by atoms with van der Waals surface area (Å²) in [6.07, 6.45) is 3.25. The van der Waals surface area contributed by atoms with Gasteiger partial charge >= 0.3 is 0 Å². The van der Waals surface area contributed by atoms with Crippen molar-refractivity contribution in [3.8, 4) is 0 Å². The van der Waals surface area contributed by atoms with E-state index >= 15 is 0 Å². The third-order valence-corrected chi connectivity index (χ3v) is 2.68. The number of nitrogens with zero attached hydrogens (tertiary/aromatic N) is 2. The summed E-state index contributed by atoms with van der Waals surface area (Å²) in [5.41, 5.74) is 5.77. The Morgan fingerprint density at radius 3 is 2.84 bits per heavy atom. The van der Waals surface area contributed by atoms with Gasteiger partial charge in [0.1, 0.15) is 0 Å². The summed E-state index contributed by atoms with van der Waals surface area (Å²) in [5, 5.41) is 15.1. The highest BCUT2D eigenvalue weighted by Gasteiger charge is 2.13. The summed E-state index contributed by atoms with van der Waals surface area (Å²) >= 11 is 0. The van der Waals surface area contributed by atoms with Crippen LogP contribution in [0.15, 0.2) is 30.6 Å². The molecule has 0 unspecified atom stereocenters. The molecule has 19 heavy (non-hydrogen) atoms. The summed E-state index contributed by atoms with van der Waals surface area (Å²) in [5.74, 6) is -0.406. The van der Waals surface area contributed by atoms with Gasteiger partial charge in [-0.2, -0.15) is 0 Å². The van der Waals surface area contributed by atoms with Crippen LogP contribution in [0.1, 0.15) is 6.42 Å². The van der Waals surface area contributed by atoms with Crippen molar-refractivity contribution >= 4 is 28.1 Å². The Labute approximate surface area is 108 Å². The zero-order valence-electron chi connectivity index (χ0n) is 10.00. The van der Waals surface area contributed by atoms with Gasteiger partial charge in [-0.1, -0.05) is 0 Å². The smallest absolute Gasteiger partial charge is 0.277 e. The van der Waals surface area contributed by atoms with Crippen LogP contribution < -0.4 is 11.1 Å². The number of nitro groups is 1. The van der Waals surface area contributed by atoms with E-state index in [1.54, 1.807) is 18.3 Å². The summed E-state index contributed by atoms with van der Waals surface area (Å²) in [4.78, 5) is 25.1. The summed E-state index contributed by atoms with van der Waals surface area (Å²) in [6.45, 7) is 0.372. The fourth-order valence-electron chi connectivity index (χ4n) is 1.81. The standard InChI is InChI=1S/C12H12N4O3/c13-12(17)4-6-15-10-1-2-11(16(18)19)8-3-5-14-7-9(8)10/h1-3,5,7,15H,4,6H2,(H2,13,17). The van der Waals surface area contributed by atoms with Gasteiger partial charge in [-0.05, 0) is 12.1 Å². The first kappa shape index (κ1) is 12.7. The van der Waals surface area contributed by atoms with Gasteiger partial charge in [-0.3, -0.25) is 19.9 Å². The van der Waals surface area contributed by atoms with Gasteiger partial charge in [0, 0.05) is 42.5 Å². The van der Waals surface area contributed by atoms with Crippen LogP contribution in [0.4, 0.5) is 11.4 Å². The predicted molar refractivity (Wildman–Crippen MR) is 70.7 cm³/mol. The molecule has 0 radical (unpaired) electrons. The number of fused-ring (bicyclic) bond motifs is 1. The Kier molecular flexibility index (Phi) is 3.56. The molecule has 1 amide bonds. The van der Waals surface area contributed by atoms with Gasteiger partial charge in [0.25, 0.3) is 5.69 Å². The normalized spacial score (nSPS) is 10.3. The number of non-ortho nitro benzene ring substituents is 1. The summed E-state index contributed by atoms with van der Waals surface area (Å²) in [6, 6.07) is 4.62. The van der Waals surface area contributed by atoms with Crippen molar-refractivity contribution in [1.82, 2.24) is 4.98 Å². The number of hydrogen-bond donors (Lipinski definition) is 2. The molecule has 0 spiro atoms. The lowest BCUT2D eigenvalue weighted by molar-refractivity contribution is -0.383. The molecule has 0 atom stereocenters. The zero-order chi connectivity index (χ0) is 13.8. The number of anilines is 1. The molecule has 98 valence electrons. The number of carbonyl (C=O) groups is 1. The van der Waals surface area contributed by atoms with Crippen molar-refractivity contribution in [2.75, 3.05) is 11.9 Å². The number of pyridine rings is 1. The second kappa shape index (κ2) is 5.30. The van der Waals surface area contributed by atoms with Crippen molar-refractivity contribution in [3.05, 3.63) is 40.7 Å². The molecule has 0 saturated carbocycles. The van der Waals surface area contributed by atoms with Crippen LogP contribution in [0.25, 0.3) is 10.8 Å². The van der Waals surface area contributed by atoms with E-state index in [9.17, 15) is 14.9 Å². The molecule has 7 nitrogen and oxygen atoms in total. The van der Waals surface area contributed by atoms with E-state index in [2.05, 4.69) is 10.3 Å². The van der Waals surface area contributed by atoms with Gasteiger partial charge in [0.2, 0.25) is 5.91 Å². The highest BCUT2D eigenvalue weighted by molar-refractivity contribution is 5.99. The van der Waals surface area contributed by atoms with E-state index in [4.69, 9.17) is 5.73 Å². The second-order valence-corrected chi connectivity index (χ2v) is 3.95. The molecule has 0 fully saturated rings. The first-order valence-corrected chi connectivity index (χ1v) is 5.63. The van der Waals surface area contributed by atoms with E-state index < -0.39 is 10.8 Å². The average molecular weight is 260 g/mol. The predicted octanol–water partition coefficient (Wildman–Crippen LogP) is 1.43. The SMILES string of the molecule is NC(=O)CCNc1ccc([N+](=O)[O-])c2ccncc12. The number of nitrogens with one attached hydrogen (secondary N) is 1. The summed E-state index contributed by atoms with van der Waals surface area (Å²) in [7, 11) is 0. The van der Waals surface area contributed by atoms with Crippen LogP contribution in [0.2, 0.25) is 0 Å². The number of rotatable bonds is 5. The third kappa shape index (κ3) is 2.76. The lowest BCUT2D eigenvalue weighted by atomic mass is 10.1. The van der Waals surface area contributed by atoms with Crippen LogP contribution in [0, 0.1) is 10.1 Å². The average Bonchev–Trinajstić information content (AvgIpc) is 2.38. The lowest BCUT2D eigenvalue weighted by Gasteiger charge is -2.08. The van der Waals surface area contributed by atoms with Crippen LogP contribution in [0.5, 0.6) is 0 Å². The number of nitro benzene ring substituents is 1. The Morgan fingerprint density at radius 2 is 2.16 bits per heavy atom. The number of nitrogens with two attached hydrogens (primary N) is 1. The van der Waals surface area contributed by atoms with E-state index in [-0.39, 0.29) is 12.1 Å². The molecule has 0 aliphatic heterocycles. The molecule has 2 rings (SSSR count). The molecule has 2 aromatic rings. The fraction of sp³-hybridized carbons (Fsp3) is 0.167. The minimum Gasteiger partial charge on any atom is -0.384 e. The molecule has 1 heterocycles. The first-order valence-electron chi connectivity index (χ1n) is 5.63. The van der Waals surface area contributed by atoms with Gasteiger partial charge in [0.05, 0.1) is 10.3 Å². The van der Waals surface area contributed by atoms with E-state index in [1.165, 1.54) is 12.3 Å². The van der Waals surface area contributed by atoms with Gasteiger partial charge < -0.3 is 11.1 Å². The number of benzene rings is 1. The molecule has 1 aromatic carbocycles. The van der Waals surface area contributed by atoms with Crippen molar-refractivity contribution in [2.24, 2.45) is 5.73 Å². The molecule has 0 saturated heterocycles. The molecule has 1 aromatic heterocycles. The van der Waals surface area contributed by atoms with Crippen LogP contribution in [-0.4, -0.2) is 22.4 Å². The molecule has 3 N–H and O–H groups in total. The van der Waals surface area contributed by atoms with Gasteiger partial charge in [0.15, 0.2) is 0 Å². The van der Waals surface area contributed by atoms with E-state index in [0.717, 1.165) is 0 Å². The maximum absolute atomic E-state index is 10.9. The van der Waals surface area contributed by atoms with Gasteiger partial charge in [-0.15, -0.1) is 0 Å². The van der Waals surface area contributed by atoms with Crippen LogP contribution in [0.3, 0.4) is 0 Å². The summed E-state index contributed by atoms with van der Waals surface area (Å²) < 4.78 is 0. The number of hydrogen-bond acceptors (Lipinski definition) is 5. The maximum Gasteiger partial charge on any atom is 0.277 e. The van der Waals surface area contributed by atoms with Crippen LogP contribution >= 0.6 is 0 Å². The third-order valence-electron chi connectivity index (χ3n) is 2.68. The minimum atomic E-state index is -0.435. The van der Waals surface area contributed by atoms with Crippen molar-refractivity contribution in [3.63, 3.8) is 0 Å². The topological polar surface area (TPSA) is 111 Å². The largest absolute Gasteiger partial charge is 0.384 e. The van der Waals surface area contributed by atoms with Crippen molar-refractivity contribution in [1.29, 1.82) is 0 Å².